The smallest absolute Gasteiger partial charge is 0.326 e. The summed E-state index contributed by atoms with van der Waals surface area (Å²) in [6.07, 6.45) is 15.8. The number of anilines is 1. The Labute approximate surface area is 218 Å². The molecule has 1 N–H and O–H groups in total. The molecule has 2 nitrogen and oxygen atoms in total. The second-order valence-corrected chi connectivity index (χ2v) is 9.75. The van der Waals surface area contributed by atoms with Gasteiger partial charge < -0.3 is 5.32 Å². The summed E-state index contributed by atoms with van der Waals surface area (Å²) in [5.74, 6) is -0.428. The van der Waals surface area contributed by atoms with Gasteiger partial charge in [0.25, 0.3) is 0 Å². The minimum absolute atomic E-state index is 0.0324. The van der Waals surface area contributed by atoms with E-state index < -0.39 is 17.6 Å². The monoisotopic (exact) mass is 517 g/mol. The second-order valence-electron chi connectivity index (χ2n) is 9.75. The second kappa shape index (κ2) is 14.7. The summed E-state index contributed by atoms with van der Waals surface area (Å²) >= 11 is 0. The average molecular weight is 518 g/mol. The Bertz CT molecular complexity index is 1020. The summed E-state index contributed by atoms with van der Waals surface area (Å²) in [5.41, 5.74) is 1.23. The molecule has 1 aromatic carbocycles. The summed E-state index contributed by atoms with van der Waals surface area (Å²) in [7, 11) is 0. The fraction of sp³-hybridized carbons (Fsp3) is 0.452. The molecule has 6 heteroatoms. The molecule has 202 valence electrons. The van der Waals surface area contributed by atoms with Gasteiger partial charge in [-0.15, -0.1) is 0 Å². The first-order valence-electron chi connectivity index (χ1n) is 13.1. The van der Waals surface area contributed by atoms with Crippen LogP contribution in [0.5, 0.6) is 0 Å². The third kappa shape index (κ3) is 9.83. The quantitative estimate of drug-likeness (QED) is 0.230. The highest BCUT2D eigenvalue weighted by Gasteiger charge is 2.34. The molecule has 1 aromatic rings. The highest BCUT2D eigenvalue weighted by atomic mass is 19.4. The zero-order chi connectivity index (χ0) is 27.4. The maximum Gasteiger partial charge on any atom is 0.419 e. The van der Waals surface area contributed by atoms with Crippen LogP contribution in [-0.4, -0.2) is 5.91 Å². The number of allylic oxidation sites excluding steroid dienone is 9. The van der Waals surface area contributed by atoms with Crippen molar-refractivity contribution in [2.75, 3.05) is 5.32 Å². The van der Waals surface area contributed by atoms with E-state index in [1.165, 1.54) is 11.1 Å². The number of benzene rings is 1. The SMILES string of the molecule is C=C\C=C(C(=C\[C@H](C)CC)/C=C/C=C\C)\C1CCC(CCC(=O)Nc2ccc(C(F)(F)F)c(F)c2)CC1. The van der Waals surface area contributed by atoms with Crippen molar-refractivity contribution >= 4 is 11.6 Å². The molecule has 37 heavy (non-hydrogen) atoms. The molecule has 2 rings (SSSR count). The third-order valence-electron chi connectivity index (χ3n) is 6.94. The highest BCUT2D eigenvalue weighted by Crippen LogP contribution is 2.39. The van der Waals surface area contributed by atoms with Crippen LogP contribution >= 0.6 is 0 Å². The zero-order valence-electron chi connectivity index (χ0n) is 22.1. The van der Waals surface area contributed by atoms with Gasteiger partial charge >= 0.3 is 6.18 Å². The van der Waals surface area contributed by atoms with Gasteiger partial charge in [-0.2, -0.15) is 13.2 Å². The van der Waals surface area contributed by atoms with Crippen molar-refractivity contribution in [1.29, 1.82) is 0 Å². The van der Waals surface area contributed by atoms with Crippen LogP contribution in [0, 0.1) is 23.6 Å². The first-order valence-corrected chi connectivity index (χ1v) is 13.1. The minimum atomic E-state index is -4.76. The van der Waals surface area contributed by atoms with Gasteiger partial charge in [-0.1, -0.05) is 69.4 Å². The molecule has 0 saturated heterocycles. The number of hydrogen-bond acceptors (Lipinski definition) is 1. The Morgan fingerprint density at radius 1 is 1.19 bits per heavy atom. The lowest BCUT2D eigenvalue weighted by molar-refractivity contribution is -0.139. The van der Waals surface area contributed by atoms with Crippen LogP contribution in [0.2, 0.25) is 0 Å². The van der Waals surface area contributed by atoms with Crippen LogP contribution in [0.4, 0.5) is 23.2 Å². The number of halogens is 4. The van der Waals surface area contributed by atoms with Gasteiger partial charge in [-0.05, 0) is 86.1 Å². The molecule has 1 aliphatic rings. The molecular formula is C31H39F4NO. The maximum absolute atomic E-state index is 13.8. The van der Waals surface area contributed by atoms with Crippen LogP contribution < -0.4 is 5.32 Å². The average Bonchev–Trinajstić information content (AvgIpc) is 2.85. The molecule has 0 spiro atoms. The van der Waals surface area contributed by atoms with Crippen LogP contribution in [0.15, 0.2) is 78.5 Å². The molecule has 1 fully saturated rings. The van der Waals surface area contributed by atoms with Gasteiger partial charge in [-0.3, -0.25) is 4.79 Å². The van der Waals surface area contributed by atoms with Crippen LogP contribution in [-0.2, 0) is 11.0 Å². The summed E-state index contributed by atoms with van der Waals surface area (Å²) in [6, 6.07) is 2.45. The summed E-state index contributed by atoms with van der Waals surface area (Å²) in [5, 5.41) is 2.52. The molecule has 0 unspecified atom stereocenters. The van der Waals surface area contributed by atoms with Crippen molar-refractivity contribution in [1.82, 2.24) is 0 Å². The molecule has 0 bridgehead atoms. The van der Waals surface area contributed by atoms with Crippen molar-refractivity contribution < 1.29 is 22.4 Å². The largest absolute Gasteiger partial charge is 0.419 e. The Morgan fingerprint density at radius 2 is 1.89 bits per heavy atom. The molecule has 0 heterocycles. The first kappa shape index (κ1) is 30.3. The Hall–Kier alpha value is -2.89. The Morgan fingerprint density at radius 3 is 2.46 bits per heavy atom. The van der Waals surface area contributed by atoms with Crippen LogP contribution in [0.25, 0.3) is 0 Å². The molecule has 1 amide bonds. The number of nitrogens with one attached hydrogen (secondary N) is 1. The van der Waals surface area contributed by atoms with E-state index in [4.69, 9.17) is 0 Å². The van der Waals surface area contributed by atoms with Crippen molar-refractivity contribution in [3.63, 3.8) is 0 Å². The van der Waals surface area contributed by atoms with E-state index in [0.29, 0.717) is 36.3 Å². The normalized spacial score (nSPS) is 20.4. The molecule has 0 aromatic heterocycles. The number of carbonyl (C=O) groups excluding carboxylic acids is 1. The zero-order valence-corrected chi connectivity index (χ0v) is 22.1. The molecule has 0 radical (unpaired) electrons. The van der Waals surface area contributed by atoms with E-state index in [2.05, 4.69) is 50.0 Å². The standard InChI is InChI=1S/C31H39F4NO/c1-5-8-9-11-25(20-22(4)7-3)27(10-6-2)24-15-12-23(13-16-24)14-19-30(37)36-26-17-18-28(29(32)21-26)31(33,34)35/h5-6,8-11,17-18,20-24H,2,7,12-16,19H2,1,3-4H3,(H,36,37)/b8-5-,11-9+,25-20-,27-10-/t22-,23?,24?/m1/s1. The van der Waals surface area contributed by atoms with Crippen molar-refractivity contribution in [3.05, 3.63) is 89.8 Å². The van der Waals surface area contributed by atoms with E-state index in [1.807, 2.05) is 25.2 Å². The molecule has 1 aliphatic carbocycles. The maximum atomic E-state index is 13.8. The molecule has 1 atom stereocenters. The number of hydrogen-bond donors (Lipinski definition) is 1. The van der Waals surface area contributed by atoms with Gasteiger partial charge in [0.1, 0.15) is 5.82 Å². The van der Waals surface area contributed by atoms with Gasteiger partial charge in [0, 0.05) is 12.1 Å². The van der Waals surface area contributed by atoms with E-state index in [0.717, 1.165) is 38.2 Å². The van der Waals surface area contributed by atoms with Crippen molar-refractivity contribution in [2.45, 2.75) is 71.9 Å². The topological polar surface area (TPSA) is 29.1 Å². The van der Waals surface area contributed by atoms with Gasteiger partial charge in [0.15, 0.2) is 0 Å². The molecule has 1 saturated carbocycles. The molecular weight excluding hydrogens is 478 g/mol. The van der Waals surface area contributed by atoms with Gasteiger partial charge in [0.2, 0.25) is 5.91 Å². The van der Waals surface area contributed by atoms with Gasteiger partial charge in [0.05, 0.1) is 5.56 Å². The van der Waals surface area contributed by atoms with E-state index in [9.17, 15) is 22.4 Å². The van der Waals surface area contributed by atoms with Crippen molar-refractivity contribution in [2.24, 2.45) is 17.8 Å². The first-order chi connectivity index (χ1) is 17.6. The van der Waals surface area contributed by atoms with Gasteiger partial charge in [-0.25, -0.2) is 4.39 Å². The van der Waals surface area contributed by atoms with Crippen LogP contribution in [0.1, 0.15) is 71.3 Å². The van der Waals surface area contributed by atoms with E-state index in [1.54, 1.807) is 0 Å². The minimum Gasteiger partial charge on any atom is -0.326 e. The Balaban J connectivity index is 1.95. The predicted octanol–water partition coefficient (Wildman–Crippen LogP) is 9.59. The molecule has 0 aliphatic heterocycles. The fourth-order valence-electron chi connectivity index (χ4n) is 4.68. The lowest BCUT2D eigenvalue weighted by Crippen LogP contribution is -2.19. The Kier molecular flexibility index (Phi) is 12.1. The summed E-state index contributed by atoms with van der Waals surface area (Å²) in [6.45, 7) is 10.3. The summed E-state index contributed by atoms with van der Waals surface area (Å²) < 4.78 is 52.0. The number of rotatable bonds is 11. The van der Waals surface area contributed by atoms with Crippen LogP contribution in [0.3, 0.4) is 0 Å². The highest BCUT2D eigenvalue weighted by molar-refractivity contribution is 5.90. The number of alkyl halides is 3. The lowest BCUT2D eigenvalue weighted by Gasteiger charge is -2.31. The van der Waals surface area contributed by atoms with E-state index >= 15 is 0 Å². The lowest BCUT2D eigenvalue weighted by atomic mass is 9.74. The third-order valence-corrected chi connectivity index (χ3v) is 6.94. The van der Waals surface area contributed by atoms with E-state index in [-0.39, 0.29) is 18.0 Å². The number of amides is 1. The fourth-order valence-corrected chi connectivity index (χ4v) is 4.68. The number of carbonyl (C=O) groups is 1. The summed E-state index contributed by atoms with van der Waals surface area (Å²) in [4.78, 5) is 12.4. The predicted molar refractivity (Wildman–Crippen MR) is 144 cm³/mol. The van der Waals surface area contributed by atoms with Crippen molar-refractivity contribution in [3.8, 4) is 0 Å².